The highest BCUT2D eigenvalue weighted by molar-refractivity contribution is 5.68. The van der Waals surface area contributed by atoms with Crippen LogP contribution in [0.15, 0.2) is 24.3 Å². The number of hydrogen-bond acceptors (Lipinski definition) is 3. The Hall–Kier alpha value is -1.55. The number of carbonyl (C=O) groups excluding carboxylic acids is 1. The molecule has 0 heterocycles. The van der Waals surface area contributed by atoms with Crippen LogP contribution in [0.5, 0.6) is 0 Å². The van der Waals surface area contributed by atoms with Gasteiger partial charge in [0, 0.05) is 18.6 Å². The zero-order valence-corrected chi connectivity index (χ0v) is 14.1. The van der Waals surface area contributed by atoms with Crippen LogP contribution in [0.1, 0.15) is 57.7 Å². The highest BCUT2D eigenvalue weighted by Crippen LogP contribution is 2.29. The van der Waals surface area contributed by atoms with Gasteiger partial charge in [-0.05, 0) is 58.1 Å². The molecule has 122 valence electrons. The van der Waals surface area contributed by atoms with Crippen molar-refractivity contribution in [3.05, 3.63) is 35.4 Å². The number of nitrogens with one attached hydrogen (secondary N) is 2. The van der Waals surface area contributed by atoms with Crippen molar-refractivity contribution in [3.8, 4) is 0 Å². The Kier molecular flexibility index (Phi) is 5.46. The SMILES string of the molecule is C[C@H](CN[C@@H]1CCCc2ccccc21)NC(=O)OC(C)(C)C. The standard InChI is InChI=1S/C18H28N2O2/c1-13(20-17(21)22-18(2,3)4)12-19-16-11-7-9-14-8-5-6-10-15(14)16/h5-6,8,10,13,16,19H,7,9,11-12H2,1-4H3,(H,20,21)/t13-,16-/m1/s1. The fourth-order valence-corrected chi connectivity index (χ4v) is 2.84. The molecule has 1 aliphatic rings. The lowest BCUT2D eigenvalue weighted by atomic mass is 9.87. The van der Waals surface area contributed by atoms with Crippen LogP contribution in [-0.2, 0) is 11.2 Å². The van der Waals surface area contributed by atoms with Crippen molar-refractivity contribution in [1.29, 1.82) is 0 Å². The van der Waals surface area contributed by atoms with E-state index in [9.17, 15) is 4.79 Å². The number of amides is 1. The third-order valence-corrected chi connectivity index (χ3v) is 3.80. The van der Waals surface area contributed by atoms with Crippen molar-refractivity contribution >= 4 is 6.09 Å². The lowest BCUT2D eigenvalue weighted by Crippen LogP contribution is -2.43. The Labute approximate surface area is 133 Å². The quantitative estimate of drug-likeness (QED) is 0.894. The van der Waals surface area contributed by atoms with E-state index in [-0.39, 0.29) is 12.1 Å². The smallest absolute Gasteiger partial charge is 0.407 e. The third-order valence-electron chi connectivity index (χ3n) is 3.80. The Morgan fingerprint density at radius 3 is 2.82 bits per heavy atom. The summed E-state index contributed by atoms with van der Waals surface area (Å²) in [4.78, 5) is 11.8. The van der Waals surface area contributed by atoms with Gasteiger partial charge in [0.15, 0.2) is 0 Å². The van der Waals surface area contributed by atoms with Gasteiger partial charge in [-0.25, -0.2) is 4.79 Å². The van der Waals surface area contributed by atoms with E-state index < -0.39 is 5.60 Å². The molecule has 2 N–H and O–H groups in total. The van der Waals surface area contributed by atoms with Gasteiger partial charge in [0.1, 0.15) is 5.60 Å². The molecule has 1 amide bonds. The molecule has 22 heavy (non-hydrogen) atoms. The molecule has 0 aliphatic heterocycles. The van der Waals surface area contributed by atoms with E-state index in [0.29, 0.717) is 6.04 Å². The summed E-state index contributed by atoms with van der Waals surface area (Å²) in [7, 11) is 0. The number of benzene rings is 1. The van der Waals surface area contributed by atoms with E-state index in [4.69, 9.17) is 4.74 Å². The summed E-state index contributed by atoms with van der Waals surface area (Å²) in [5, 5.41) is 6.45. The first-order valence-electron chi connectivity index (χ1n) is 8.16. The Morgan fingerprint density at radius 2 is 2.09 bits per heavy atom. The van der Waals surface area contributed by atoms with Gasteiger partial charge in [-0.1, -0.05) is 24.3 Å². The van der Waals surface area contributed by atoms with Crippen molar-refractivity contribution < 1.29 is 9.53 Å². The summed E-state index contributed by atoms with van der Waals surface area (Å²) in [6.45, 7) is 8.33. The lowest BCUT2D eigenvalue weighted by Gasteiger charge is -2.28. The first-order valence-corrected chi connectivity index (χ1v) is 8.16. The monoisotopic (exact) mass is 304 g/mol. The Balaban J connectivity index is 1.82. The number of aryl methyl sites for hydroxylation is 1. The van der Waals surface area contributed by atoms with Gasteiger partial charge in [0.2, 0.25) is 0 Å². The van der Waals surface area contributed by atoms with Crippen LogP contribution in [0.25, 0.3) is 0 Å². The van der Waals surface area contributed by atoms with E-state index in [1.165, 1.54) is 24.0 Å². The van der Waals surface area contributed by atoms with Crippen LogP contribution in [0.3, 0.4) is 0 Å². The second-order valence-electron chi connectivity index (χ2n) is 7.10. The fraction of sp³-hybridized carbons (Fsp3) is 0.611. The summed E-state index contributed by atoms with van der Waals surface area (Å²) >= 11 is 0. The minimum absolute atomic E-state index is 0.0314. The van der Waals surface area contributed by atoms with Gasteiger partial charge < -0.3 is 15.4 Å². The highest BCUT2D eigenvalue weighted by atomic mass is 16.6. The van der Waals surface area contributed by atoms with Crippen LogP contribution in [0.2, 0.25) is 0 Å². The number of hydrogen-bond donors (Lipinski definition) is 2. The lowest BCUT2D eigenvalue weighted by molar-refractivity contribution is 0.0507. The molecule has 1 aromatic rings. The second kappa shape index (κ2) is 7.14. The van der Waals surface area contributed by atoms with E-state index in [0.717, 1.165) is 13.0 Å². The van der Waals surface area contributed by atoms with Crippen LogP contribution >= 0.6 is 0 Å². The maximum absolute atomic E-state index is 11.8. The first-order chi connectivity index (χ1) is 10.3. The molecule has 0 unspecified atom stereocenters. The maximum Gasteiger partial charge on any atom is 0.407 e. The molecule has 0 saturated carbocycles. The van der Waals surface area contributed by atoms with Crippen molar-refractivity contribution in [3.63, 3.8) is 0 Å². The average Bonchev–Trinajstić information content (AvgIpc) is 2.43. The normalized spacial score (nSPS) is 19.2. The molecule has 0 aromatic heterocycles. The summed E-state index contributed by atoms with van der Waals surface area (Å²) < 4.78 is 5.28. The molecule has 2 rings (SSSR count). The molecular weight excluding hydrogens is 276 g/mol. The molecule has 4 heteroatoms. The van der Waals surface area contributed by atoms with Gasteiger partial charge >= 0.3 is 6.09 Å². The summed E-state index contributed by atoms with van der Waals surface area (Å²) in [5.74, 6) is 0. The average molecular weight is 304 g/mol. The summed E-state index contributed by atoms with van der Waals surface area (Å²) in [6, 6.07) is 9.04. The van der Waals surface area contributed by atoms with Gasteiger partial charge in [0.25, 0.3) is 0 Å². The number of alkyl carbamates (subject to hydrolysis) is 1. The van der Waals surface area contributed by atoms with Gasteiger partial charge in [0.05, 0.1) is 0 Å². The van der Waals surface area contributed by atoms with Crippen LogP contribution in [-0.4, -0.2) is 24.3 Å². The predicted molar refractivity (Wildman–Crippen MR) is 89.0 cm³/mol. The number of carbonyl (C=O) groups is 1. The van der Waals surface area contributed by atoms with Crippen molar-refractivity contribution in [1.82, 2.24) is 10.6 Å². The topological polar surface area (TPSA) is 50.4 Å². The molecule has 0 spiro atoms. The molecular formula is C18H28N2O2. The zero-order valence-electron chi connectivity index (χ0n) is 14.1. The minimum Gasteiger partial charge on any atom is -0.444 e. The van der Waals surface area contributed by atoms with E-state index >= 15 is 0 Å². The summed E-state index contributed by atoms with van der Waals surface area (Å²) in [6.07, 6.45) is 3.17. The largest absolute Gasteiger partial charge is 0.444 e. The first kappa shape index (κ1) is 16.8. The predicted octanol–water partition coefficient (Wildman–Crippen LogP) is 3.57. The molecule has 0 fully saturated rings. The minimum atomic E-state index is -0.459. The van der Waals surface area contributed by atoms with E-state index in [1.54, 1.807) is 0 Å². The third kappa shape index (κ3) is 5.02. The molecule has 1 aliphatic carbocycles. The number of rotatable bonds is 4. The Bertz CT molecular complexity index is 508. The van der Waals surface area contributed by atoms with Crippen LogP contribution < -0.4 is 10.6 Å². The number of fused-ring (bicyclic) bond motifs is 1. The van der Waals surface area contributed by atoms with Gasteiger partial charge in [-0.15, -0.1) is 0 Å². The highest BCUT2D eigenvalue weighted by Gasteiger charge is 2.21. The summed E-state index contributed by atoms with van der Waals surface area (Å²) in [5.41, 5.74) is 2.39. The molecule has 1 aromatic carbocycles. The van der Waals surface area contributed by atoms with Gasteiger partial charge in [-0.3, -0.25) is 0 Å². The molecule has 0 bridgehead atoms. The molecule has 2 atom stereocenters. The number of ether oxygens (including phenoxy) is 1. The van der Waals surface area contributed by atoms with Crippen molar-refractivity contribution in [2.45, 2.75) is 64.6 Å². The molecule has 0 radical (unpaired) electrons. The van der Waals surface area contributed by atoms with Crippen LogP contribution in [0.4, 0.5) is 4.79 Å². The molecule has 0 saturated heterocycles. The van der Waals surface area contributed by atoms with E-state index in [2.05, 4.69) is 34.9 Å². The zero-order chi connectivity index (χ0) is 16.2. The van der Waals surface area contributed by atoms with Crippen LogP contribution in [0, 0.1) is 0 Å². The van der Waals surface area contributed by atoms with Crippen molar-refractivity contribution in [2.24, 2.45) is 0 Å². The Morgan fingerprint density at radius 1 is 1.36 bits per heavy atom. The maximum atomic E-state index is 11.8. The fourth-order valence-electron chi connectivity index (χ4n) is 2.84. The second-order valence-corrected chi connectivity index (χ2v) is 7.10. The van der Waals surface area contributed by atoms with E-state index in [1.807, 2.05) is 27.7 Å². The van der Waals surface area contributed by atoms with Gasteiger partial charge in [-0.2, -0.15) is 0 Å². The molecule has 4 nitrogen and oxygen atoms in total. The van der Waals surface area contributed by atoms with Crippen molar-refractivity contribution in [2.75, 3.05) is 6.54 Å².